The molecule has 0 fully saturated rings. The van der Waals surface area contributed by atoms with E-state index in [0.29, 0.717) is 12.6 Å². The quantitative estimate of drug-likeness (QED) is 0.688. The molecule has 0 amide bonds. The molecule has 5 nitrogen and oxygen atoms in total. The number of rotatable bonds is 3. The zero-order chi connectivity index (χ0) is 16.5. The van der Waals surface area contributed by atoms with Crippen molar-refractivity contribution in [1.82, 2.24) is 14.8 Å². The number of ether oxygens (including phenoxy) is 1. The van der Waals surface area contributed by atoms with E-state index in [1.54, 1.807) is 18.9 Å². The molecule has 24 heavy (non-hydrogen) atoms. The van der Waals surface area contributed by atoms with Gasteiger partial charge < -0.3 is 4.74 Å². The number of nitrogens with zero attached hydrogens (tertiary/aromatic N) is 4. The van der Waals surface area contributed by atoms with E-state index in [-0.39, 0.29) is 0 Å². The molecule has 1 aliphatic rings. The van der Waals surface area contributed by atoms with Gasteiger partial charge in [0.15, 0.2) is 5.82 Å². The van der Waals surface area contributed by atoms with Crippen LogP contribution in [-0.4, -0.2) is 33.8 Å². The molecule has 0 saturated heterocycles. The molecule has 0 atom stereocenters. The third-order valence-corrected chi connectivity index (χ3v) is 4.73. The van der Waals surface area contributed by atoms with E-state index in [2.05, 4.69) is 46.8 Å². The van der Waals surface area contributed by atoms with Crippen molar-refractivity contribution in [3.8, 4) is 11.7 Å². The Bertz CT molecular complexity index is 918. The Hall–Kier alpha value is -2.60. The Kier molecular flexibility index (Phi) is 3.82. The summed E-state index contributed by atoms with van der Waals surface area (Å²) >= 11 is 1.71. The van der Waals surface area contributed by atoms with Crippen LogP contribution in [0.25, 0.3) is 5.69 Å². The summed E-state index contributed by atoms with van der Waals surface area (Å²) in [6.07, 6.45) is 2.07. The van der Waals surface area contributed by atoms with Gasteiger partial charge in [-0.25, -0.2) is 4.57 Å². The third kappa shape index (κ3) is 2.39. The van der Waals surface area contributed by atoms with Crippen LogP contribution >= 0.6 is 11.8 Å². The molecule has 0 spiro atoms. The van der Waals surface area contributed by atoms with Crippen molar-refractivity contribution < 1.29 is 4.74 Å². The zero-order valence-electron chi connectivity index (χ0n) is 13.4. The first-order valence-corrected chi connectivity index (χ1v) is 8.81. The summed E-state index contributed by atoms with van der Waals surface area (Å²) in [5, 5.41) is 8.35. The molecule has 120 valence electrons. The van der Waals surface area contributed by atoms with E-state index < -0.39 is 0 Å². The maximum atomic E-state index is 5.40. The molecule has 0 aliphatic carbocycles. The lowest BCUT2D eigenvalue weighted by molar-refractivity contribution is 0.371. The average Bonchev–Trinajstić information content (AvgIpc) is 2.98. The summed E-state index contributed by atoms with van der Waals surface area (Å²) in [5.74, 6) is 0.774. The Balaban J connectivity index is 1.99. The molecule has 2 aromatic carbocycles. The molecule has 0 bridgehead atoms. The fourth-order valence-corrected chi connectivity index (χ4v) is 3.32. The number of thioether (sulfide) groups is 1. The second-order valence-electron chi connectivity index (χ2n) is 5.35. The molecule has 0 saturated carbocycles. The van der Waals surface area contributed by atoms with Crippen LogP contribution in [0.4, 0.5) is 0 Å². The van der Waals surface area contributed by atoms with Gasteiger partial charge in [-0.1, -0.05) is 35.4 Å². The number of methoxy groups -OCH3 is 1. The maximum absolute atomic E-state index is 5.40. The molecular formula is C18H16N4OS. The molecule has 4 rings (SSSR count). The topological polar surface area (TPSA) is 52.3 Å². The largest absolute Gasteiger partial charge is 0.467 e. The van der Waals surface area contributed by atoms with Crippen LogP contribution in [-0.2, 0) is 6.54 Å². The second kappa shape index (κ2) is 6.13. The minimum Gasteiger partial charge on any atom is -0.467 e. The minimum atomic E-state index is 0.462. The highest BCUT2D eigenvalue weighted by Gasteiger charge is 2.23. The number of hydrogen-bond donors (Lipinski definition) is 0. The number of aliphatic imine (C=N–C) groups is 1. The molecule has 1 aromatic heterocycles. The van der Waals surface area contributed by atoms with Gasteiger partial charge in [-0.15, -0.1) is 16.9 Å². The smallest absolute Gasteiger partial charge is 0.321 e. The Labute approximate surface area is 144 Å². The lowest BCUT2D eigenvalue weighted by Gasteiger charge is -2.14. The normalized spacial score (nSPS) is 12.8. The molecule has 0 radical (unpaired) electrons. The molecule has 6 heteroatoms. The van der Waals surface area contributed by atoms with Crippen LogP contribution in [0.2, 0.25) is 0 Å². The van der Waals surface area contributed by atoms with E-state index in [9.17, 15) is 0 Å². The van der Waals surface area contributed by atoms with E-state index in [1.807, 2.05) is 22.8 Å². The summed E-state index contributed by atoms with van der Waals surface area (Å²) < 4.78 is 7.34. The van der Waals surface area contributed by atoms with Crippen LogP contribution in [0, 0.1) is 0 Å². The zero-order valence-corrected chi connectivity index (χ0v) is 14.2. The molecule has 2 heterocycles. The molecular weight excluding hydrogens is 320 g/mol. The summed E-state index contributed by atoms with van der Waals surface area (Å²) in [7, 11) is 1.61. The second-order valence-corrected chi connectivity index (χ2v) is 6.23. The monoisotopic (exact) mass is 336 g/mol. The molecule has 0 unspecified atom stereocenters. The van der Waals surface area contributed by atoms with E-state index >= 15 is 0 Å². The summed E-state index contributed by atoms with van der Waals surface area (Å²) in [4.78, 5) is 6.02. The van der Waals surface area contributed by atoms with Crippen LogP contribution < -0.4 is 4.74 Å². The number of aromatic nitrogens is 3. The minimum absolute atomic E-state index is 0.462. The van der Waals surface area contributed by atoms with Gasteiger partial charge in [0.05, 0.1) is 18.5 Å². The highest BCUT2D eigenvalue weighted by Crippen LogP contribution is 2.30. The van der Waals surface area contributed by atoms with Gasteiger partial charge in [-0.3, -0.25) is 4.99 Å². The number of hydrogen-bond acceptors (Lipinski definition) is 5. The SMILES string of the molecule is COc1nnc2n1-c1ccc(SC)cc1C(c1ccccc1)=NC2. The first-order valence-electron chi connectivity index (χ1n) is 7.58. The molecule has 3 aromatic rings. The van der Waals surface area contributed by atoms with E-state index in [0.717, 1.165) is 28.4 Å². The van der Waals surface area contributed by atoms with Crippen LogP contribution in [0.3, 0.4) is 0 Å². The first-order chi connectivity index (χ1) is 11.8. The van der Waals surface area contributed by atoms with Crippen molar-refractivity contribution in [1.29, 1.82) is 0 Å². The Morgan fingerprint density at radius 1 is 1.08 bits per heavy atom. The standard InChI is InChI=1S/C18H16N4OS/c1-23-18-21-20-16-11-19-17(12-6-4-3-5-7-12)14-10-13(24-2)8-9-15(14)22(16)18/h3-10H,11H2,1-2H3. The summed E-state index contributed by atoms with van der Waals surface area (Å²) in [6.45, 7) is 0.462. The fourth-order valence-electron chi connectivity index (χ4n) is 2.88. The van der Waals surface area contributed by atoms with Gasteiger partial charge in [0.25, 0.3) is 0 Å². The highest BCUT2D eigenvalue weighted by atomic mass is 32.2. The third-order valence-electron chi connectivity index (χ3n) is 4.01. The lowest BCUT2D eigenvalue weighted by Crippen LogP contribution is -2.08. The summed E-state index contributed by atoms with van der Waals surface area (Å²) in [5.41, 5.74) is 4.11. The average molecular weight is 336 g/mol. The van der Waals surface area contributed by atoms with Crippen molar-refractivity contribution in [2.24, 2.45) is 4.99 Å². The van der Waals surface area contributed by atoms with Crippen molar-refractivity contribution >= 4 is 17.5 Å². The predicted octanol–water partition coefficient (Wildman–Crippen LogP) is 3.35. The maximum Gasteiger partial charge on any atom is 0.321 e. The first kappa shape index (κ1) is 15.0. The molecule has 1 aliphatic heterocycles. The van der Waals surface area contributed by atoms with Gasteiger partial charge in [-0.05, 0) is 24.5 Å². The Morgan fingerprint density at radius 3 is 2.67 bits per heavy atom. The van der Waals surface area contributed by atoms with Crippen molar-refractivity contribution in [2.45, 2.75) is 11.4 Å². The summed E-state index contributed by atoms with van der Waals surface area (Å²) in [6, 6.07) is 17.1. The Morgan fingerprint density at radius 2 is 1.92 bits per heavy atom. The number of benzene rings is 2. The van der Waals surface area contributed by atoms with Crippen LogP contribution in [0.15, 0.2) is 58.4 Å². The molecule has 0 N–H and O–H groups in total. The highest BCUT2D eigenvalue weighted by molar-refractivity contribution is 7.98. The van der Waals surface area contributed by atoms with E-state index in [1.165, 1.54) is 4.90 Å². The fraction of sp³-hybridized carbons (Fsp3) is 0.167. The van der Waals surface area contributed by atoms with Crippen molar-refractivity contribution in [3.05, 3.63) is 65.5 Å². The van der Waals surface area contributed by atoms with Gasteiger partial charge >= 0.3 is 6.01 Å². The van der Waals surface area contributed by atoms with Crippen LogP contribution in [0.1, 0.15) is 17.0 Å². The van der Waals surface area contributed by atoms with Gasteiger partial charge in [0.1, 0.15) is 6.54 Å². The van der Waals surface area contributed by atoms with Crippen LogP contribution in [0.5, 0.6) is 6.01 Å². The van der Waals surface area contributed by atoms with Gasteiger partial charge in [-0.2, -0.15) is 0 Å². The number of fused-ring (bicyclic) bond motifs is 3. The van der Waals surface area contributed by atoms with Crippen molar-refractivity contribution in [3.63, 3.8) is 0 Å². The van der Waals surface area contributed by atoms with Gasteiger partial charge in [0, 0.05) is 16.0 Å². The van der Waals surface area contributed by atoms with Gasteiger partial charge in [0.2, 0.25) is 0 Å². The predicted molar refractivity (Wildman–Crippen MR) is 95.5 cm³/mol. The van der Waals surface area contributed by atoms with E-state index in [4.69, 9.17) is 9.73 Å². The van der Waals surface area contributed by atoms with Crippen molar-refractivity contribution in [2.75, 3.05) is 13.4 Å². The lowest BCUT2D eigenvalue weighted by atomic mass is 10.0.